The molecule has 22 heavy (non-hydrogen) atoms. The van der Waals surface area contributed by atoms with E-state index >= 15 is 0 Å². The van der Waals surface area contributed by atoms with Crippen LogP contribution in [0.15, 0.2) is 41.8 Å². The molecule has 3 heterocycles. The fourth-order valence-electron chi connectivity index (χ4n) is 2.10. The Hall–Kier alpha value is -2.96. The van der Waals surface area contributed by atoms with E-state index < -0.39 is 0 Å². The molecular formula is C15H15N6O. The first-order chi connectivity index (χ1) is 10.5. The van der Waals surface area contributed by atoms with Crippen molar-refractivity contribution < 1.29 is 4.79 Å². The summed E-state index contributed by atoms with van der Waals surface area (Å²) >= 11 is 0. The van der Waals surface area contributed by atoms with Gasteiger partial charge < -0.3 is 0 Å². The van der Waals surface area contributed by atoms with Crippen molar-refractivity contribution >= 4 is 11.9 Å². The maximum Gasteiger partial charge on any atom is 0.360 e. The van der Waals surface area contributed by atoms with E-state index in [0.29, 0.717) is 5.84 Å². The van der Waals surface area contributed by atoms with Gasteiger partial charge in [0.25, 0.3) is 0 Å². The van der Waals surface area contributed by atoms with Crippen molar-refractivity contribution in [2.75, 3.05) is 14.1 Å². The van der Waals surface area contributed by atoms with Crippen molar-refractivity contribution in [1.82, 2.24) is 25.4 Å². The van der Waals surface area contributed by atoms with Crippen LogP contribution in [0.4, 0.5) is 4.79 Å². The van der Waals surface area contributed by atoms with Crippen LogP contribution < -0.4 is 5.43 Å². The second kappa shape index (κ2) is 5.44. The van der Waals surface area contributed by atoms with Gasteiger partial charge in [0.15, 0.2) is 5.84 Å². The van der Waals surface area contributed by atoms with Crippen LogP contribution in [0.3, 0.4) is 0 Å². The van der Waals surface area contributed by atoms with Crippen molar-refractivity contribution in [2.24, 2.45) is 5.10 Å². The van der Waals surface area contributed by atoms with Crippen molar-refractivity contribution in [1.29, 1.82) is 0 Å². The Bertz CT molecular complexity index is 757. The van der Waals surface area contributed by atoms with Crippen molar-refractivity contribution in [3.8, 4) is 11.4 Å². The Balaban J connectivity index is 1.98. The van der Waals surface area contributed by atoms with Crippen LogP contribution in [-0.2, 0) is 0 Å². The van der Waals surface area contributed by atoms with Crippen LogP contribution >= 0.6 is 0 Å². The SMILES string of the molecule is Cc1ccnc(-c2cc(C3=NN(C)C(=O)N(C)[N]3)ccn2)c1. The molecule has 111 valence electrons. The Morgan fingerprint density at radius 3 is 2.32 bits per heavy atom. The van der Waals surface area contributed by atoms with Gasteiger partial charge in [-0.3, -0.25) is 9.97 Å². The molecule has 1 aliphatic rings. The van der Waals surface area contributed by atoms with Crippen molar-refractivity contribution in [3.63, 3.8) is 0 Å². The van der Waals surface area contributed by atoms with E-state index in [-0.39, 0.29) is 6.03 Å². The molecule has 2 amide bonds. The Morgan fingerprint density at radius 1 is 0.955 bits per heavy atom. The van der Waals surface area contributed by atoms with Crippen LogP contribution in [0.2, 0.25) is 0 Å². The lowest BCUT2D eigenvalue weighted by Gasteiger charge is -2.26. The Morgan fingerprint density at radius 2 is 1.64 bits per heavy atom. The lowest BCUT2D eigenvalue weighted by Crippen LogP contribution is -2.48. The number of aromatic nitrogens is 2. The summed E-state index contributed by atoms with van der Waals surface area (Å²) in [5.41, 5.74) is 7.60. The summed E-state index contributed by atoms with van der Waals surface area (Å²) in [6.45, 7) is 2.01. The summed E-state index contributed by atoms with van der Waals surface area (Å²) in [5.74, 6) is 0.459. The van der Waals surface area contributed by atoms with Crippen molar-refractivity contribution in [2.45, 2.75) is 6.92 Å². The monoisotopic (exact) mass is 295 g/mol. The molecule has 0 aromatic carbocycles. The van der Waals surface area contributed by atoms with E-state index in [1.54, 1.807) is 32.6 Å². The molecule has 0 bridgehead atoms. The third kappa shape index (κ3) is 2.60. The lowest BCUT2D eigenvalue weighted by atomic mass is 10.1. The molecular weight excluding hydrogens is 280 g/mol. The summed E-state index contributed by atoms with van der Waals surface area (Å²) in [6, 6.07) is 7.29. The fraction of sp³-hybridized carbons (Fsp3) is 0.200. The summed E-state index contributed by atoms with van der Waals surface area (Å²) < 4.78 is 0. The highest BCUT2D eigenvalue weighted by Gasteiger charge is 2.24. The molecule has 0 spiro atoms. The van der Waals surface area contributed by atoms with Gasteiger partial charge >= 0.3 is 6.03 Å². The molecule has 2 aromatic heterocycles. The lowest BCUT2D eigenvalue weighted by molar-refractivity contribution is 0.155. The minimum Gasteiger partial charge on any atom is -0.255 e. The first-order valence-electron chi connectivity index (χ1n) is 6.76. The van der Waals surface area contributed by atoms with Crippen LogP contribution in [0.25, 0.3) is 11.4 Å². The number of hydrogen-bond acceptors (Lipinski definition) is 4. The molecule has 1 aliphatic heterocycles. The molecule has 0 saturated heterocycles. The molecule has 0 aliphatic carbocycles. The largest absolute Gasteiger partial charge is 0.360 e. The summed E-state index contributed by atoms with van der Waals surface area (Å²) in [4.78, 5) is 20.3. The van der Waals surface area contributed by atoms with E-state index in [9.17, 15) is 4.79 Å². The highest BCUT2D eigenvalue weighted by atomic mass is 16.2. The van der Waals surface area contributed by atoms with Gasteiger partial charge in [-0.05, 0) is 36.8 Å². The Kier molecular flexibility index (Phi) is 3.46. The average Bonchev–Trinajstić information content (AvgIpc) is 2.52. The molecule has 1 radical (unpaired) electrons. The standard InChI is InChI=1S/C15H15N6O/c1-10-4-6-16-12(8-10)13-9-11(5-7-17-13)14-18-20(2)15(22)21(3)19-14/h4-9H,1-3H3. The average molecular weight is 295 g/mol. The maximum atomic E-state index is 11.7. The quantitative estimate of drug-likeness (QED) is 0.845. The van der Waals surface area contributed by atoms with Gasteiger partial charge in [0.05, 0.1) is 11.4 Å². The predicted molar refractivity (Wildman–Crippen MR) is 81.8 cm³/mol. The molecule has 7 nitrogen and oxygen atoms in total. The van der Waals surface area contributed by atoms with Gasteiger partial charge in [0.2, 0.25) is 0 Å². The highest BCUT2D eigenvalue weighted by Crippen LogP contribution is 2.17. The van der Waals surface area contributed by atoms with E-state index in [2.05, 4.69) is 20.5 Å². The number of carbonyl (C=O) groups is 1. The number of amides is 2. The fourth-order valence-corrected chi connectivity index (χ4v) is 2.10. The number of amidine groups is 1. The van der Waals surface area contributed by atoms with E-state index in [1.165, 1.54) is 10.0 Å². The minimum absolute atomic E-state index is 0.279. The molecule has 0 fully saturated rings. The molecule has 0 saturated carbocycles. The number of carbonyl (C=O) groups excluding carboxylic acids is 1. The third-order valence-corrected chi connectivity index (χ3v) is 3.24. The summed E-state index contributed by atoms with van der Waals surface area (Å²) in [7, 11) is 3.19. The van der Waals surface area contributed by atoms with Gasteiger partial charge in [-0.1, -0.05) is 0 Å². The number of hydrogen-bond donors (Lipinski definition) is 0. The summed E-state index contributed by atoms with van der Waals surface area (Å²) in [5, 5.41) is 6.69. The zero-order valence-electron chi connectivity index (χ0n) is 12.6. The molecule has 2 aromatic rings. The predicted octanol–water partition coefficient (Wildman–Crippen LogP) is 1.63. The topological polar surface area (TPSA) is 75.8 Å². The third-order valence-electron chi connectivity index (χ3n) is 3.24. The molecule has 0 N–H and O–H groups in total. The van der Waals surface area contributed by atoms with Gasteiger partial charge in [-0.2, -0.15) is 0 Å². The first kappa shape index (κ1) is 14.0. The molecule has 0 unspecified atom stereocenters. The number of urea groups is 1. The van der Waals surface area contributed by atoms with E-state index in [4.69, 9.17) is 0 Å². The number of aryl methyl sites for hydroxylation is 1. The number of hydrazone groups is 1. The number of pyridine rings is 2. The second-order valence-corrected chi connectivity index (χ2v) is 5.00. The second-order valence-electron chi connectivity index (χ2n) is 5.00. The number of rotatable bonds is 2. The van der Waals surface area contributed by atoms with E-state index in [1.807, 2.05) is 25.1 Å². The molecule has 0 atom stereocenters. The van der Waals surface area contributed by atoms with Crippen molar-refractivity contribution in [3.05, 3.63) is 47.8 Å². The molecule has 7 heteroatoms. The van der Waals surface area contributed by atoms with Gasteiger partial charge in [0, 0.05) is 32.1 Å². The van der Waals surface area contributed by atoms with Gasteiger partial charge in [-0.25, -0.2) is 14.8 Å². The molecule has 3 rings (SSSR count). The highest BCUT2D eigenvalue weighted by molar-refractivity contribution is 6.01. The smallest absolute Gasteiger partial charge is 0.255 e. The summed E-state index contributed by atoms with van der Waals surface area (Å²) in [6.07, 6.45) is 3.44. The number of nitrogens with zero attached hydrogens (tertiary/aromatic N) is 6. The van der Waals surface area contributed by atoms with Crippen LogP contribution in [-0.4, -0.2) is 45.9 Å². The normalized spacial score (nSPS) is 14.7. The van der Waals surface area contributed by atoms with Crippen LogP contribution in [0, 0.1) is 6.92 Å². The van der Waals surface area contributed by atoms with Gasteiger partial charge in [0.1, 0.15) is 0 Å². The van der Waals surface area contributed by atoms with E-state index in [0.717, 1.165) is 22.5 Å². The van der Waals surface area contributed by atoms with Gasteiger partial charge in [-0.15, -0.1) is 10.5 Å². The maximum absolute atomic E-state index is 11.7. The Labute approximate surface area is 128 Å². The van der Waals surface area contributed by atoms with Crippen LogP contribution in [0.5, 0.6) is 0 Å². The first-order valence-corrected chi connectivity index (χ1v) is 6.76. The zero-order chi connectivity index (χ0) is 15.7. The zero-order valence-corrected chi connectivity index (χ0v) is 12.6. The van der Waals surface area contributed by atoms with Crippen LogP contribution in [0.1, 0.15) is 11.1 Å². The minimum atomic E-state index is -0.279.